The van der Waals surface area contributed by atoms with E-state index in [0.717, 1.165) is 24.4 Å². The predicted molar refractivity (Wildman–Crippen MR) is 87.3 cm³/mol. The topological polar surface area (TPSA) is 99.0 Å². The molecule has 1 aliphatic rings. The molecule has 8 heteroatoms. The lowest BCUT2D eigenvalue weighted by atomic mass is 9.89. The summed E-state index contributed by atoms with van der Waals surface area (Å²) in [4.78, 5) is 11.9. The van der Waals surface area contributed by atoms with Crippen molar-refractivity contribution in [3.8, 4) is 0 Å². The maximum atomic E-state index is 11.9. The molecule has 3 rings (SSSR count). The van der Waals surface area contributed by atoms with E-state index in [-0.39, 0.29) is 11.7 Å². The van der Waals surface area contributed by atoms with E-state index in [1.54, 1.807) is 17.0 Å². The van der Waals surface area contributed by atoms with Crippen LogP contribution in [0.4, 0.5) is 0 Å². The fraction of sp³-hybridized carbons (Fsp3) is 0.533. The van der Waals surface area contributed by atoms with Crippen LogP contribution in [0.3, 0.4) is 0 Å². The van der Waals surface area contributed by atoms with E-state index >= 15 is 0 Å². The Morgan fingerprint density at radius 2 is 2.22 bits per heavy atom. The molecule has 1 saturated carbocycles. The van der Waals surface area contributed by atoms with E-state index in [1.807, 2.05) is 6.07 Å². The Balaban J connectivity index is 1.50. The maximum Gasteiger partial charge on any atom is 0.230 e. The standard InChI is InChI=1S/C15H21N5O2S/c16-20-14(11-5-2-1-3-6-11)18-19-15(20)23-10-13(21)17-9-12-7-4-8-22-12/h4,7-8,11H,1-3,5-6,9-10,16H2,(H,17,21). The number of nitrogens with one attached hydrogen (secondary N) is 1. The van der Waals surface area contributed by atoms with Crippen LogP contribution in [0.5, 0.6) is 0 Å². The highest BCUT2D eigenvalue weighted by Gasteiger charge is 2.22. The van der Waals surface area contributed by atoms with Gasteiger partial charge in [0.15, 0.2) is 5.82 Å². The number of carbonyl (C=O) groups excluding carboxylic acids is 1. The molecule has 2 heterocycles. The van der Waals surface area contributed by atoms with E-state index < -0.39 is 0 Å². The summed E-state index contributed by atoms with van der Waals surface area (Å²) in [6, 6.07) is 3.61. The number of nitrogen functional groups attached to an aromatic ring is 1. The maximum absolute atomic E-state index is 11.9. The van der Waals surface area contributed by atoms with Crippen molar-refractivity contribution >= 4 is 17.7 Å². The highest BCUT2D eigenvalue weighted by molar-refractivity contribution is 7.99. The summed E-state index contributed by atoms with van der Waals surface area (Å²) in [6.07, 6.45) is 7.53. The van der Waals surface area contributed by atoms with E-state index in [4.69, 9.17) is 10.3 Å². The Morgan fingerprint density at radius 3 is 2.96 bits per heavy atom. The van der Waals surface area contributed by atoms with Crippen LogP contribution in [0, 0.1) is 0 Å². The van der Waals surface area contributed by atoms with Crippen molar-refractivity contribution in [2.75, 3.05) is 11.6 Å². The van der Waals surface area contributed by atoms with E-state index in [9.17, 15) is 4.79 Å². The lowest BCUT2D eigenvalue weighted by Crippen LogP contribution is -2.25. The van der Waals surface area contributed by atoms with Gasteiger partial charge in [0, 0.05) is 5.92 Å². The number of nitrogens with zero attached hydrogens (tertiary/aromatic N) is 3. The largest absolute Gasteiger partial charge is 0.467 e. The Hall–Kier alpha value is -1.96. The molecule has 1 fully saturated rings. The Morgan fingerprint density at radius 1 is 1.39 bits per heavy atom. The summed E-state index contributed by atoms with van der Waals surface area (Å²) in [5.41, 5.74) is 0. The second-order valence-electron chi connectivity index (χ2n) is 5.69. The summed E-state index contributed by atoms with van der Waals surface area (Å²) < 4.78 is 6.71. The first-order valence-electron chi connectivity index (χ1n) is 7.86. The first-order chi connectivity index (χ1) is 11.2. The lowest BCUT2D eigenvalue weighted by Gasteiger charge is -2.20. The molecule has 0 radical (unpaired) electrons. The summed E-state index contributed by atoms with van der Waals surface area (Å²) in [7, 11) is 0. The third-order valence-electron chi connectivity index (χ3n) is 4.03. The van der Waals surface area contributed by atoms with Crippen LogP contribution in [0.25, 0.3) is 0 Å². The van der Waals surface area contributed by atoms with Crippen molar-refractivity contribution in [3.05, 3.63) is 30.0 Å². The molecule has 0 atom stereocenters. The average Bonchev–Trinajstić information content (AvgIpc) is 3.22. The molecule has 1 amide bonds. The molecule has 3 N–H and O–H groups in total. The minimum Gasteiger partial charge on any atom is -0.467 e. The van der Waals surface area contributed by atoms with Gasteiger partial charge in [-0.25, -0.2) is 4.68 Å². The fourth-order valence-electron chi connectivity index (χ4n) is 2.81. The van der Waals surface area contributed by atoms with Crippen molar-refractivity contribution < 1.29 is 9.21 Å². The molecule has 7 nitrogen and oxygen atoms in total. The number of nitrogens with two attached hydrogens (primary N) is 1. The number of amides is 1. The molecular weight excluding hydrogens is 314 g/mol. The van der Waals surface area contributed by atoms with Crippen molar-refractivity contribution in [2.45, 2.75) is 49.7 Å². The van der Waals surface area contributed by atoms with Gasteiger partial charge in [-0.1, -0.05) is 31.0 Å². The number of aromatic nitrogens is 3. The van der Waals surface area contributed by atoms with E-state index in [0.29, 0.717) is 17.6 Å². The normalized spacial score (nSPS) is 15.7. The SMILES string of the molecule is Nn1c(SCC(=O)NCc2ccco2)nnc1C1CCCCC1. The van der Waals surface area contributed by atoms with Crippen LogP contribution < -0.4 is 11.2 Å². The van der Waals surface area contributed by atoms with Gasteiger partial charge >= 0.3 is 0 Å². The third kappa shape index (κ3) is 4.07. The monoisotopic (exact) mass is 335 g/mol. The zero-order valence-electron chi connectivity index (χ0n) is 12.9. The summed E-state index contributed by atoms with van der Waals surface area (Å²) in [5.74, 6) is 8.21. The van der Waals surface area contributed by atoms with Crippen LogP contribution in [0.2, 0.25) is 0 Å². The highest BCUT2D eigenvalue weighted by atomic mass is 32.2. The van der Waals surface area contributed by atoms with Crippen LogP contribution >= 0.6 is 11.8 Å². The molecule has 0 bridgehead atoms. The number of carbonyl (C=O) groups is 1. The first kappa shape index (κ1) is 15.9. The van der Waals surface area contributed by atoms with E-state index in [1.165, 1.54) is 31.0 Å². The van der Waals surface area contributed by atoms with Crippen molar-refractivity contribution in [1.29, 1.82) is 0 Å². The minimum absolute atomic E-state index is 0.0892. The average molecular weight is 335 g/mol. The quantitative estimate of drug-likeness (QED) is 0.619. The molecule has 23 heavy (non-hydrogen) atoms. The Bertz CT molecular complexity index is 634. The van der Waals surface area contributed by atoms with Gasteiger partial charge in [-0.05, 0) is 25.0 Å². The molecule has 0 saturated heterocycles. The Labute approximate surface area is 139 Å². The van der Waals surface area contributed by atoms with Gasteiger partial charge in [-0.3, -0.25) is 4.79 Å². The smallest absolute Gasteiger partial charge is 0.230 e. The molecule has 0 spiro atoms. The molecular formula is C15H21N5O2S. The highest BCUT2D eigenvalue weighted by Crippen LogP contribution is 2.32. The summed E-state index contributed by atoms with van der Waals surface area (Å²) in [6.45, 7) is 0.384. The molecule has 0 unspecified atom stereocenters. The number of rotatable bonds is 6. The van der Waals surface area contributed by atoms with Crippen molar-refractivity contribution in [2.24, 2.45) is 0 Å². The summed E-state index contributed by atoms with van der Waals surface area (Å²) in [5, 5.41) is 11.7. The van der Waals surface area contributed by atoms with Gasteiger partial charge in [0.05, 0.1) is 18.6 Å². The molecule has 2 aromatic heterocycles. The molecule has 0 aromatic carbocycles. The summed E-state index contributed by atoms with van der Waals surface area (Å²) >= 11 is 1.30. The van der Waals surface area contributed by atoms with Gasteiger partial charge in [0.25, 0.3) is 0 Å². The second kappa shape index (κ2) is 7.54. The number of hydrogen-bond acceptors (Lipinski definition) is 6. The van der Waals surface area contributed by atoms with Gasteiger partial charge in [0.2, 0.25) is 11.1 Å². The molecule has 0 aliphatic heterocycles. The lowest BCUT2D eigenvalue weighted by molar-refractivity contribution is -0.118. The van der Waals surface area contributed by atoms with Crippen LogP contribution in [-0.4, -0.2) is 26.5 Å². The Kier molecular flexibility index (Phi) is 5.22. The fourth-order valence-corrected chi connectivity index (χ4v) is 3.50. The zero-order valence-corrected chi connectivity index (χ0v) is 13.7. The number of hydrogen-bond donors (Lipinski definition) is 2. The number of furan rings is 1. The van der Waals surface area contributed by atoms with Crippen LogP contribution in [-0.2, 0) is 11.3 Å². The van der Waals surface area contributed by atoms with Crippen LogP contribution in [0.15, 0.2) is 28.0 Å². The van der Waals surface area contributed by atoms with Gasteiger partial charge in [-0.15, -0.1) is 10.2 Å². The minimum atomic E-state index is -0.0892. The first-order valence-corrected chi connectivity index (χ1v) is 8.85. The van der Waals surface area contributed by atoms with E-state index in [2.05, 4.69) is 15.5 Å². The van der Waals surface area contributed by atoms with Gasteiger partial charge < -0.3 is 15.6 Å². The van der Waals surface area contributed by atoms with Crippen molar-refractivity contribution in [1.82, 2.24) is 20.2 Å². The van der Waals surface area contributed by atoms with Crippen LogP contribution in [0.1, 0.15) is 49.6 Å². The molecule has 2 aromatic rings. The predicted octanol–water partition coefficient (Wildman–Crippen LogP) is 2.04. The van der Waals surface area contributed by atoms with Gasteiger partial charge in [-0.2, -0.15) is 0 Å². The van der Waals surface area contributed by atoms with Gasteiger partial charge in [0.1, 0.15) is 5.76 Å². The molecule has 124 valence electrons. The number of thioether (sulfide) groups is 1. The zero-order chi connectivity index (χ0) is 16.1. The van der Waals surface area contributed by atoms with Crippen molar-refractivity contribution in [3.63, 3.8) is 0 Å². The second-order valence-corrected chi connectivity index (χ2v) is 6.63. The third-order valence-corrected chi connectivity index (χ3v) is 4.98. The molecule has 1 aliphatic carbocycles.